The number of nitrogens with zero attached hydrogens (tertiary/aromatic N) is 1. The van der Waals surface area contributed by atoms with Gasteiger partial charge in [0.2, 0.25) is 0 Å². The van der Waals surface area contributed by atoms with E-state index in [0.29, 0.717) is 5.69 Å². The summed E-state index contributed by atoms with van der Waals surface area (Å²) >= 11 is 0. The fourth-order valence-corrected chi connectivity index (χ4v) is 1.25. The van der Waals surface area contributed by atoms with Crippen LogP contribution in [0.15, 0.2) is 0 Å². The Morgan fingerprint density at radius 1 is 1.62 bits per heavy atom. The molecule has 0 aromatic carbocycles. The zero-order valence-corrected chi connectivity index (χ0v) is 8.15. The summed E-state index contributed by atoms with van der Waals surface area (Å²) in [6, 6.07) is 0. The molecule has 0 radical (unpaired) electrons. The lowest BCUT2D eigenvalue weighted by atomic mass is 10.2. The highest BCUT2D eigenvalue weighted by molar-refractivity contribution is 5.94. The molecule has 0 aliphatic rings. The average Bonchev–Trinajstić information content (AvgIpc) is 2.43. The molecule has 0 aliphatic carbocycles. The third-order valence-corrected chi connectivity index (χ3v) is 1.96. The fraction of sp³-hybridized carbons (Fsp3) is 0.556. The molecule has 1 rings (SSSR count). The molecule has 0 bridgehead atoms. The van der Waals surface area contributed by atoms with Crippen molar-refractivity contribution in [1.29, 1.82) is 5.41 Å². The third-order valence-electron chi connectivity index (χ3n) is 1.96. The number of aromatic amines is 1. The lowest BCUT2D eigenvalue weighted by Gasteiger charge is -1.91. The first kappa shape index (κ1) is 9.77. The second kappa shape index (κ2) is 4.07. The standard InChI is InChI=1S/C9H16N4/c1-3-4-5-7-12-6(2)8(13-7)9(10)11/h3-5H2,1-2H3,(H3,10,11)(H,12,13). The van der Waals surface area contributed by atoms with Crippen LogP contribution in [0.3, 0.4) is 0 Å². The number of nitrogen functional groups attached to an aromatic ring is 1. The number of hydrogen-bond donors (Lipinski definition) is 3. The molecule has 0 saturated carbocycles. The predicted octanol–water partition coefficient (Wildman–Crippen LogP) is 1.34. The van der Waals surface area contributed by atoms with Gasteiger partial charge in [0, 0.05) is 12.1 Å². The Morgan fingerprint density at radius 3 is 2.77 bits per heavy atom. The molecule has 1 heterocycles. The summed E-state index contributed by atoms with van der Waals surface area (Å²) in [7, 11) is 0. The molecule has 0 amide bonds. The molecule has 4 heteroatoms. The van der Waals surface area contributed by atoms with E-state index in [9.17, 15) is 0 Å². The SMILES string of the molecule is CCCCc1nc(C(=N)N)c(C)[nH]1. The summed E-state index contributed by atoms with van der Waals surface area (Å²) in [4.78, 5) is 7.37. The first-order valence-corrected chi connectivity index (χ1v) is 4.55. The van der Waals surface area contributed by atoms with Crippen molar-refractivity contribution in [3.8, 4) is 0 Å². The molecule has 0 unspecified atom stereocenters. The fourth-order valence-electron chi connectivity index (χ4n) is 1.25. The Morgan fingerprint density at radius 2 is 2.31 bits per heavy atom. The molecule has 4 nitrogen and oxygen atoms in total. The minimum absolute atomic E-state index is 0.0384. The van der Waals surface area contributed by atoms with Crippen molar-refractivity contribution in [2.45, 2.75) is 33.1 Å². The summed E-state index contributed by atoms with van der Waals surface area (Å²) < 4.78 is 0. The van der Waals surface area contributed by atoms with E-state index in [1.165, 1.54) is 0 Å². The van der Waals surface area contributed by atoms with Gasteiger partial charge in [-0.3, -0.25) is 5.41 Å². The molecule has 13 heavy (non-hydrogen) atoms. The predicted molar refractivity (Wildman–Crippen MR) is 53.0 cm³/mol. The Kier molecular flexibility index (Phi) is 3.06. The second-order valence-electron chi connectivity index (χ2n) is 3.17. The Balaban J connectivity index is 2.76. The van der Waals surface area contributed by atoms with Crippen LogP contribution in [0.5, 0.6) is 0 Å². The number of amidine groups is 1. The quantitative estimate of drug-likeness (QED) is 0.483. The maximum Gasteiger partial charge on any atom is 0.143 e. The van der Waals surface area contributed by atoms with E-state index in [1.807, 2.05) is 6.92 Å². The second-order valence-corrected chi connectivity index (χ2v) is 3.17. The van der Waals surface area contributed by atoms with E-state index in [-0.39, 0.29) is 5.84 Å². The third kappa shape index (κ3) is 2.31. The van der Waals surface area contributed by atoms with Gasteiger partial charge >= 0.3 is 0 Å². The van der Waals surface area contributed by atoms with Crippen LogP contribution >= 0.6 is 0 Å². The van der Waals surface area contributed by atoms with Gasteiger partial charge in [0.15, 0.2) is 0 Å². The van der Waals surface area contributed by atoms with Gasteiger partial charge in [-0.15, -0.1) is 0 Å². The van der Waals surface area contributed by atoms with E-state index in [0.717, 1.165) is 30.8 Å². The number of aromatic nitrogens is 2. The van der Waals surface area contributed by atoms with E-state index < -0.39 is 0 Å². The first-order valence-electron chi connectivity index (χ1n) is 4.55. The van der Waals surface area contributed by atoms with Crippen molar-refractivity contribution in [2.24, 2.45) is 5.73 Å². The number of aryl methyl sites for hydroxylation is 2. The Bertz CT molecular complexity index is 301. The number of unbranched alkanes of at least 4 members (excludes halogenated alkanes) is 1. The summed E-state index contributed by atoms with van der Waals surface area (Å²) in [6.07, 6.45) is 3.20. The Hall–Kier alpha value is -1.32. The number of nitrogens with one attached hydrogen (secondary N) is 2. The molecule has 72 valence electrons. The molecule has 0 atom stereocenters. The smallest absolute Gasteiger partial charge is 0.143 e. The molecule has 1 aromatic heterocycles. The topological polar surface area (TPSA) is 78.6 Å². The van der Waals surface area contributed by atoms with Crippen molar-refractivity contribution in [3.63, 3.8) is 0 Å². The summed E-state index contributed by atoms with van der Waals surface area (Å²) in [6.45, 7) is 4.03. The summed E-state index contributed by atoms with van der Waals surface area (Å²) in [5.74, 6) is 0.973. The zero-order valence-electron chi connectivity index (χ0n) is 8.15. The van der Waals surface area contributed by atoms with Crippen molar-refractivity contribution in [1.82, 2.24) is 9.97 Å². The van der Waals surface area contributed by atoms with Gasteiger partial charge in [0.05, 0.1) is 0 Å². The number of H-pyrrole nitrogens is 1. The average molecular weight is 180 g/mol. The first-order chi connectivity index (χ1) is 6.15. The van der Waals surface area contributed by atoms with E-state index >= 15 is 0 Å². The van der Waals surface area contributed by atoms with Crippen LogP contribution < -0.4 is 5.73 Å². The van der Waals surface area contributed by atoms with Crippen LogP contribution in [0.2, 0.25) is 0 Å². The molecule has 0 fully saturated rings. The number of rotatable bonds is 4. The number of imidazole rings is 1. The van der Waals surface area contributed by atoms with Gasteiger partial charge in [-0.2, -0.15) is 0 Å². The van der Waals surface area contributed by atoms with E-state index in [2.05, 4.69) is 16.9 Å². The molecular formula is C9H16N4. The van der Waals surface area contributed by atoms with Crippen LogP contribution in [0.4, 0.5) is 0 Å². The van der Waals surface area contributed by atoms with Gasteiger partial charge < -0.3 is 10.7 Å². The highest BCUT2D eigenvalue weighted by Gasteiger charge is 2.07. The summed E-state index contributed by atoms with van der Waals surface area (Å²) in [5, 5.41) is 7.26. The highest BCUT2D eigenvalue weighted by Crippen LogP contribution is 2.06. The van der Waals surface area contributed by atoms with Crippen molar-refractivity contribution >= 4 is 5.84 Å². The number of hydrogen-bond acceptors (Lipinski definition) is 2. The number of nitrogens with two attached hydrogens (primary N) is 1. The van der Waals surface area contributed by atoms with Crippen LogP contribution in [0.25, 0.3) is 0 Å². The molecule has 4 N–H and O–H groups in total. The van der Waals surface area contributed by atoms with Gasteiger partial charge in [-0.05, 0) is 13.3 Å². The zero-order chi connectivity index (χ0) is 9.84. The minimum Gasteiger partial charge on any atom is -0.382 e. The van der Waals surface area contributed by atoms with Crippen molar-refractivity contribution in [3.05, 3.63) is 17.2 Å². The van der Waals surface area contributed by atoms with Crippen LogP contribution in [0.1, 0.15) is 37.0 Å². The van der Waals surface area contributed by atoms with Gasteiger partial charge in [0.1, 0.15) is 17.4 Å². The maximum absolute atomic E-state index is 7.26. The van der Waals surface area contributed by atoms with Gasteiger partial charge in [-0.25, -0.2) is 4.98 Å². The van der Waals surface area contributed by atoms with Gasteiger partial charge in [-0.1, -0.05) is 13.3 Å². The van der Waals surface area contributed by atoms with Crippen LogP contribution in [0, 0.1) is 12.3 Å². The summed E-state index contributed by atoms with van der Waals surface area (Å²) in [5.41, 5.74) is 6.83. The maximum atomic E-state index is 7.26. The normalized spacial score (nSPS) is 10.3. The Labute approximate surface area is 78.1 Å². The van der Waals surface area contributed by atoms with Crippen molar-refractivity contribution in [2.75, 3.05) is 0 Å². The molecule has 0 spiro atoms. The van der Waals surface area contributed by atoms with Gasteiger partial charge in [0.25, 0.3) is 0 Å². The molecule has 0 aliphatic heterocycles. The molecule has 1 aromatic rings. The van der Waals surface area contributed by atoms with Crippen molar-refractivity contribution < 1.29 is 0 Å². The monoisotopic (exact) mass is 180 g/mol. The minimum atomic E-state index is 0.0384. The van der Waals surface area contributed by atoms with E-state index in [4.69, 9.17) is 11.1 Å². The van der Waals surface area contributed by atoms with E-state index in [1.54, 1.807) is 0 Å². The highest BCUT2D eigenvalue weighted by atomic mass is 15.0. The molecular weight excluding hydrogens is 164 g/mol. The molecule has 0 saturated heterocycles. The van der Waals surface area contributed by atoms with Crippen LogP contribution in [-0.2, 0) is 6.42 Å². The lowest BCUT2D eigenvalue weighted by Crippen LogP contribution is -2.12. The van der Waals surface area contributed by atoms with Crippen LogP contribution in [-0.4, -0.2) is 15.8 Å². The largest absolute Gasteiger partial charge is 0.382 e. The lowest BCUT2D eigenvalue weighted by molar-refractivity contribution is 0.761.